The summed E-state index contributed by atoms with van der Waals surface area (Å²) in [6.45, 7) is 1.53. The van der Waals surface area contributed by atoms with E-state index in [2.05, 4.69) is 10.2 Å². The molecule has 2 rings (SSSR count). The van der Waals surface area contributed by atoms with E-state index in [1.165, 1.54) is 19.1 Å². The number of amides is 1. The molecule has 0 spiro atoms. The molecule has 0 saturated heterocycles. The average Bonchev–Trinajstić information content (AvgIpc) is 2.79. The summed E-state index contributed by atoms with van der Waals surface area (Å²) in [5.74, 6) is -0.932. The SMILES string of the molecule is Cc1nc(-c2ccc(C(F)(F)F)cc2)sc1C(=O)N=O. The van der Waals surface area contributed by atoms with Crippen molar-refractivity contribution in [1.29, 1.82) is 0 Å². The minimum atomic E-state index is -4.40. The van der Waals surface area contributed by atoms with Gasteiger partial charge in [0, 0.05) is 10.7 Å². The second-order valence-corrected chi connectivity index (χ2v) is 4.90. The lowest BCUT2D eigenvalue weighted by atomic mass is 10.1. The molecule has 20 heavy (non-hydrogen) atoms. The molecule has 0 aliphatic rings. The van der Waals surface area contributed by atoms with Crippen molar-refractivity contribution in [3.8, 4) is 10.6 Å². The van der Waals surface area contributed by atoms with Crippen molar-refractivity contribution >= 4 is 17.2 Å². The lowest BCUT2D eigenvalue weighted by Crippen LogP contribution is -2.03. The molecule has 0 unspecified atom stereocenters. The number of alkyl halides is 3. The van der Waals surface area contributed by atoms with E-state index in [9.17, 15) is 22.9 Å². The number of aromatic nitrogens is 1. The van der Waals surface area contributed by atoms with Gasteiger partial charge >= 0.3 is 12.1 Å². The number of hydrogen-bond acceptors (Lipinski definition) is 4. The second-order valence-electron chi connectivity index (χ2n) is 3.91. The van der Waals surface area contributed by atoms with Crippen LogP contribution in [0.15, 0.2) is 29.4 Å². The Kier molecular flexibility index (Phi) is 3.67. The minimum Gasteiger partial charge on any atom is -0.262 e. The van der Waals surface area contributed by atoms with Crippen LogP contribution in [0.4, 0.5) is 13.2 Å². The molecular weight excluding hydrogens is 293 g/mol. The summed E-state index contributed by atoms with van der Waals surface area (Å²) in [6, 6.07) is 4.41. The van der Waals surface area contributed by atoms with E-state index in [-0.39, 0.29) is 4.88 Å². The summed E-state index contributed by atoms with van der Waals surface area (Å²) in [7, 11) is 0. The Morgan fingerprint density at radius 2 is 1.85 bits per heavy atom. The first-order valence-electron chi connectivity index (χ1n) is 5.35. The highest BCUT2D eigenvalue weighted by Gasteiger charge is 2.30. The molecule has 2 aromatic rings. The van der Waals surface area contributed by atoms with Gasteiger partial charge in [-0.2, -0.15) is 13.2 Å². The predicted octanol–water partition coefficient (Wildman–Crippen LogP) is 4.04. The van der Waals surface area contributed by atoms with Crippen LogP contribution in [0, 0.1) is 11.8 Å². The highest BCUT2D eigenvalue weighted by molar-refractivity contribution is 7.17. The maximum Gasteiger partial charge on any atom is 0.416 e. The lowest BCUT2D eigenvalue weighted by molar-refractivity contribution is -0.137. The maximum absolute atomic E-state index is 12.4. The Labute approximate surface area is 115 Å². The molecule has 1 heterocycles. The van der Waals surface area contributed by atoms with E-state index in [1.807, 2.05) is 0 Å². The van der Waals surface area contributed by atoms with Gasteiger partial charge in [-0.05, 0) is 19.1 Å². The van der Waals surface area contributed by atoms with Gasteiger partial charge in [0.1, 0.15) is 9.88 Å². The Morgan fingerprint density at radius 3 is 2.35 bits per heavy atom. The molecule has 1 aromatic heterocycles. The first-order chi connectivity index (χ1) is 9.32. The zero-order valence-electron chi connectivity index (χ0n) is 10.1. The van der Waals surface area contributed by atoms with Crippen molar-refractivity contribution in [2.24, 2.45) is 5.18 Å². The maximum atomic E-state index is 12.4. The van der Waals surface area contributed by atoms with Crippen LogP contribution in [0.1, 0.15) is 20.9 Å². The number of nitroso groups, excluding NO2 is 1. The molecule has 8 heteroatoms. The van der Waals surface area contributed by atoms with Crippen LogP contribution in [0.25, 0.3) is 10.6 Å². The molecule has 0 fully saturated rings. The first-order valence-corrected chi connectivity index (χ1v) is 6.17. The van der Waals surface area contributed by atoms with E-state index in [4.69, 9.17) is 0 Å². The number of nitrogens with zero attached hydrogens (tertiary/aromatic N) is 2. The van der Waals surface area contributed by atoms with Gasteiger partial charge in [-0.3, -0.25) is 4.79 Å². The molecule has 0 aliphatic carbocycles. The summed E-state index contributed by atoms with van der Waals surface area (Å²) in [4.78, 5) is 25.6. The van der Waals surface area contributed by atoms with Crippen LogP contribution in [0.2, 0.25) is 0 Å². The summed E-state index contributed by atoms with van der Waals surface area (Å²) in [5, 5.41) is 2.67. The van der Waals surface area contributed by atoms with Crippen LogP contribution < -0.4 is 0 Å². The van der Waals surface area contributed by atoms with Gasteiger partial charge in [0.2, 0.25) is 0 Å². The van der Waals surface area contributed by atoms with Crippen LogP contribution >= 0.6 is 11.3 Å². The molecular formula is C12H7F3N2O2S. The Bertz CT molecular complexity index is 662. The highest BCUT2D eigenvalue weighted by atomic mass is 32.1. The molecule has 0 saturated carbocycles. The number of carbonyl (C=O) groups is 1. The number of carbonyl (C=O) groups excluding carboxylic acids is 1. The van der Waals surface area contributed by atoms with Gasteiger partial charge in [-0.15, -0.1) is 16.2 Å². The molecule has 1 aromatic carbocycles. The van der Waals surface area contributed by atoms with Crippen molar-refractivity contribution in [3.05, 3.63) is 45.3 Å². The number of rotatable bonds is 2. The lowest BCUT2D eigenvalue weighted by Gasteiger charge is -2.06. The number of hydrogen-bond donors (Lipinski definition) is 0. The fraction of sp³-hybridized carbons (Fsp3) is 0.167. The minimum absolute atomic E-state index is 0.0925. The van der Waals surface area contributed by atoms with E-state index >= 15 is 0 Å². The van der Waals surface area contributed by atoms with Crippen LogP contribution in [-0.2, 0) is 6.18 Å². The molecule has 1 amide bonds. The smallest absolute Gasteiger partial charge is 0.262 e. The molecule has 0 atom stereocenters. The standard InChI is InChI=1S/C12H7F3N2O2S/c1-6-9(10(18)17-19)20-11(16-6)7-2-4-8(5-3-7)12(13,14)15/h2-5H,1H3. The topological polar surface area (TPSA) is 59.4 Å². The highest BCUT2D eigenvalue weighted by Crippen LogP contribution is 2.33. The summed E-state index contributed by atoms with van der Waals surface area (Å²) >= 11 is 0.923. The molecule has 0 N–H and O–H groups in total. The van der Waals surface area contributed by atoms with Crippen molar-refractivity contribution in [1.82, 2.24) is 4.98 Å². The van der Waals surface area contributed by atoms with Crippen molar-refractivity contribution in [2.75, 3.05) is 0 Å². The van der Waals surface area contributed by atoms with E-state index in [0.717, 1.165) is 23.5 Å². The Hall–Kier alpha value is -2.09. The average molecular weight is 300 g/mol. The fourth-order valence-electron chi connectivity index (χ4n) is 1.56. The largest absolute Gasteiger partial charge is 0.416 e. The zero-order chi connectivity index (χ0) is 14.9. The van der Waals surface area contributed by atoms with Gasteiger partial charge < -0.3 is 0 Å². The van der Waals surface area contributed by atoms with Gasteiger partial charge in [0.15, 0.2) is 0 Å². The van der Waals surface area contributed by atoms with Crippen LogP contribution in [-0.4, -0.2) is 10.9 Å². The van der Waals surface area contributed by atoms with E-state index in [0.29, 0.717) is 16.3 Å². The van der Waals surface area contributed by atoms with Crippen molar-refractivity contribution in [3.63, 3.8) is 0 Å². The third kappa shape index (κ3) is 2.74. The van der Waals surface area contributed by atoms with Crippen molar-refractivity contribution in [2.45, 2.75) is 13.1 Å². The van der Waals surface area contributed by atoms with E-state index in [1.54, 1.807) is 0 Å². The number of benzene rings is 1. The van der Waals surface area contributed by atoms with Crippen LogP contribution in [0.5, 0.6) is 0 Å². The van der Waals surface area contributed by atoms with Gasteiger partial charge in [0.25, 0.3) is 0 Å². The molecule has 0 bridgehead atoms. The zero-order valence-corrected chi connectivity index (χ0v) is 10.9. The summed E-state index contributed by atoms with van der Waals surface area (Å²) in [5.41, 5.74) is 0.00549. The monoisotopic (exact) mass is 300 g/mol. The third-order valence-corrected chi connectivity index (χ3v) is 3.73. The number of thiazole rings is 1. The molecule has 0 radical (unpaired) electrons. The second kappa shape index (κ2) is 5.12. The first kappa shape index (κ1) is 14.3. The molecule has 0 aliphatic heterocycles. The third-order valence-electron chi connectivity index (χ3n) is 2.53. The van der Waals surface area contributed by atoms with Gasteiger partial charge in [0.05, 0.1) is 11.3 Å². The Balaban J connectivity index is 2.38. The van der Waals surface area contributed by atoms with Crippen molar-refractivity contribution < 1.29 is 18.0 Å². The van der Waals surface area contributed by atoms with Gasteiger partial charge in [-0.25, -0.2) is 4.98 Å². The van der Waals surface area contributed by atoms with Crippen LogP contribution in [0.3, 0.4) is 0 Å². The number of halogens is 3. The fourth-order valence-corrected chi connectivity index (χ4v) is 2.51. The number of aryl methyl sites for hydroxylation is 1. The summed E-state index contributed by atoms with van der Waals surface area (Å²) in [6.07, 6.45) is -4.40. The van der Waals surface area contributed by atoms with E-state index < -0.39 is 17.6 Å². The van der Waals surface area contributed by atoms with Gasteiger partial charge in [-0.1, -0.05) is 12.1 Å². The normalized spacial score (nSPS) is 11.4. The molecule has 104 valence electrons. The summed E-state index contributed by atoms with van der Waals surface area (Å²) < 4.78 is 37.3. The molecule has 4 nitrogen and oxygen atoms in total. The quantitative estimate of drug-likeness (QED) is 0.786. The Morgan fingerprint density at radius 1 is 1.25 bits per heavy atom. The predicted molar refractivity (Wildman–Crippen MR) is 67.4 cm³/mol.